The topological polar surface area (TPSA) is 58.6 Å². The molecule has 1 heterocycles. The van der Waals surface area contributed by atoms with Crippen molar-refractivity contribution in [2.24, 2.45) is 0 Å². The zero-order chi connectivity index (χ0) is 13.1. The number of carbonyl (C=O) groups is 2. The molecule has 0 unspecified atom stereocenters. The maximum Gasteiger partial charge on any atom is 0.410 e. The van der Waals surface area contributed by atoms with Gasteiger partial charge < -0.3 is 15.0 Å². The van der Waals surface area contributed by atoms with Gasteiger partial charge in [-0.3, -0.25) is 4.79 Å². The molecule has 1 fully saturated rings. The molecule has 0 aliphatic carbocycles. The first-order valence-corrected chi connectivity index (χ1v) is 6.03. The predicted molar refractivity (Wildman–Crippen MR) is 64.6 cm³/mol. The number of hydrogen-bond donors (Lipinski definition) is 1. The van der Waals surface area contributed by atoms with Gasteiger partial charge in [0.1, 0.15) is 5.60 Å². The van der Waals surface area contributed by atoms with Crippen LogP contribution in [0.4, 0.5) is 4.79 Å². The summed E-state index contributed by atoms with van der Waals surface area (Å²) in [7, 11) is 0. The summed E-state index contributed by atoms with van der Waals surface area (Å²) in [6.07, 6.45) is 1.59. The lowest BCUT2D eigenvalue weighted by atomic mass is 10.2. The Hall–Kier alpha value is -1.26. The van der Waals surface area contributed by atoms with Crippen molar-refractivity contribution < 1.29 is 14.3 Å². The summed E-state index contributed by atoms with van der Waals surface area (Å²) < 4.78 is 5.33. The Bertz CT molecular complexity index is 297. The van der Waals surface area contributed by atoms with Crippen molar-refractivity contribution in [1.29, 1.82) is 0 Å². The van der Waals surface area contributed by atoms with Crippen LogP contribution < -0.4 is 5.32 Å². The summed E-state index contributed by atoms with van der Waals surface area (Å²) in [6, 6.07) is 0.0637. The first kappa shape index (κ1) is 13.8. The van der Waals surface area contributed by atoms with E-state index in [0.717, 1.165) is 12.8 Å². The molecular formula is C12H22N2O3. The van der Waals surface area contributed by atoms with E-state index in [1.54, 1.807) is 4.90 Å². The highest BCUT2D eigenvalue weighted by molar-refractivity contribution is 5.73. The molecule has 2 amide bonds. The Balaban J connectivity index is 2.51. The molecule has 1 aliphatic rings. The van der Waals surface area contributed by atoms with E-state index in [1.807, 2.05) is 20.8 Å². The number of nitrogens with one attached hydrogen (secondary N) is 1. The Kier molecular flexibility index (Phi) is 4.37. The van der Waals surface area contributed by atoms with Crippen LogP contribution in [0, 0.1) is 0 Å². The minimum absolute atomic E-state index is 0.0637. The molecule has 0 aromatic heterocycles. The van der Waals surface area contributed by atoms with E-state index in [0.29, 0.717) is 13.1 Å². The lowest BCUT2D eigenvalue weighted by Crippen LogP contribution is -2.44. The summed E-state index contributed by atoms with van der Waals surface area (Å²) in [6.45, 7) is 8.25. The molecule has 1 N–H and O–H groups in total. The van der Waals surface area contributed by atoms with Gasteiger partial charge in [0.15, 0.2) is 0 Å². The van der Waals surface area contributed by atoms with Crippen LogP contribution in [0.3, 0.4) is 0 Å². The maximum absolute atomic E-state index is 11.9. The molecule has 1 saturated heterocycles. The standard InChI is InChI=1S/C12H22N2O3/c1-9(15)13-8-10-6-5-7-14(10)11(16)17-12(2,3)4/h10H,5-8H2,1-4H3,(H,13,15)/t10-/m1/s1. The van der Waals surface area contributed by atoms with E-state index < -0.39 is 5.60 Å². The fourth-order valence-corrected chi connectivity index (χ4v) is 1.87. The highest BCUT2D eigenvalue weighted by atomic mass is 16.6. The van der Waals surface area contributed by atoms with Gasteiger partial charge in [0.05, 0.1) is 6.04 Å². The van der Waals surface area contributed by atoms with Crippen LogP contribution in [-0.2, 0) is 9.53 Å². The van der Waals surface area contributed by atoms with Gasteiger partial charge in [0.2, 0.25) is 5.91 Å². The van der Waals surface area contributed by atoms with E-state index in [9.17, 15) is 9.59 Å². The lowest BCUT2D eigenvalue weighted by molar-refractivity contribution is -0.119. The third-order valence-electron chi connectivity index (χ3n) is 2.59. The van der Waals surface area contributed by atoms with Crippen LogP contribution in [0.5, 0.6) is 0 Å². The normalized spacial score (nSPS) is 20.2. The summed E-state index contributed by atoms with van der Waals surface area (Å²) in [5, 5.41) is 2.75. The molecule has 17 heavy (non-hydrogen) atoms. The molecule has 1 aliphatic heterocycles. The molecule has 1 atom stereocenters. The van der Waals surface area contributed by atoms with Gasteiger partial charge in [-0.2, -0.15) is 0 Å². The molecule has 0 aromatic carbocycles. The van der Waals surface area contributed by atoms with Crippen LogP contribution in [0.1, 0.15) is 40.5 Å². The zero-order valence-electron chi connectivity index (χ0n) is 11.1. The third-order valence-corrected chi connectivity index (χ3v) is 2.59. The summed E-state index contributed by atoms with van der Waals surface area (Å²) >= 11 is 0. The Morgan fingerprint density at radius 3 is 2.59 bits per heavy atom. The van der Waals surface area contributed by atoms with Gasteiger partial charge in [-0.1, -0.05) is 0 Å². The summed E-state index contributed by atoms with van der Waals surface area (Å²) in [4.78, 5) is 24.5. The quantitative estimate of drug-likeness (QED) is 0.798. The van der Waals surface area contributed by atoms with Crippen LogP contribution in [-0.4, -0.2) is 41.6 Å². The number of carbonyl (C=O) groups excluding carboxylic acids is 2. The van der Waals surface area contributed by atoms with Crippen molar-refractivity contribution in [3.8, 4) is 0 Å². The number of nitrogens with zero attached hydrogens (tertiary/aromatic N) is 1. The summed E-state index contributed by atoms with van der Waals surface area (Å²) in [5.41, 5.74) is -0.474. The minimum Gasteiger partial charge on any atom is -0.444 e. The van der Waals surface area contributed by atoms with Gasteiger partial charge in [0.25, 0.3) is 0 Å². The van der Waals surface area contributed by atoms with Gasteiger partial charge in [0, 0.05) is 20.0 Å². The fourth-order valence-electron chi connectivity index (χ4n) is 1.87. The molecular weight excluding hydrogens is 220 g/mol. The highest BCUT2D eigenvalue weighted by Gasteiger charge is 2.31. The van der Waals surface area contributed by atoms with Gasteiger partial charge in [-0.15, -0.1) is 0 Å². The summed E-state index contributed by atoms with van der Waals surface area (Å²) in [5.74, 6) is -0.0685. The average Bonchev–Trinajstić information content (AvgIpc) is 2.59. The number of likely N-dealkylation sites (tertiary alicyclic amines) is 1. The number of amides is 2. The molecule has 0 bridgehead atoms. The molecule has 0 aromatic rings. The van der Waals surface area contributed by atoms with E-state index in [-0.39, 0.29) is 18.0 Å². The number of rotatable bonds is 2. The zero-order valence-corrected chi connectivity index (χ0v) is 11.1. The predicted octanol–water partition coefficient (Wildman–Crippen LogP) is 1.52. The van der Waals surface area contributed by atoms with Crippen molar-refractivity contribution in [2.75, 3.05) is 13.1 Å². The first-order valence-electron chi connectivity index (χ1n) is 6.03. The monoisotopic (exact) mass is 242 g/mol. The van der Waals surface area contributed by atoms with Crippen LogP contribution in [0.2, 0.25) is 0 Å². The van der Waals surface area contributed by atoms with Crippen LogP contribution >= 0.6 is 0 Å². The highest BCUT2D eigenvalue weighted by Crippen LogP contribution is 2.20. The van der Waals surface area contributed by atoms with Crippen LogP contribution in [0.15, 0.2) is 0 Å². The minimum atomic E-state index is -0.474. The Morgan fingerprint density at radius 1 is 1.41 bits per heavy atom. The smallest absolute Gasteiger partial charge is 0.410 e. The van der Waals surface area contributed by atoms with Crippen molar-refractivity contribution in [3.63, 3.8) is 0 Å². The second-order valence-electron chi connectivity index (χ2n) is 5.41. The van der Waals surface area contributed by atoms with Crippen molar-refractivity contribution in [3.05, 3.63) is 0 Å². The van der Waals surface area contributed by atoms with E-state index in [2.05, 4.69) is 5.32 Å². The second kappa shape index (κ2) is 5.38. The average molecular weight is 242 g/mol. The SMILES string of the molecule is CC(=O)NC[C@H]1CCCN1C(=O)OC(C)(C)C. The van der Waals surface area contributed by atoms with Crippen molar-refractivity contribution in [2.45, 2.75) is 52.2 Å². The molecule has 5 heteroatoms. The molecule has 0 radical (unpaired) electrons. The van der Waals surface area contributed by atoms with Crippen molar-refractivity contribution >= 4 is 12.0 Å². The van der Waals surface area contributed by atoms with Crippen molar-refractivity contribution in [1.82, 2.24) is 10.2 Å². The molecule has 0 spiro atoms. The van der Waals surface area contributed by atoms with E-state index in [1.165, 1.54) is 6.92 Å². The molecule has 5 nitrogen and oxygen atoms in total. The third kappa shape index (κ3) is 4.63. The van der Waals surface area contributed by atoms with E-state index >= 15 is 0 Å². The number of hydrogen-bond acceptors (Lipinski definition) is 3. The van der Waals surface area contributed by atoms with Crippen LogP contribution in [0.25, 0.3) is 0 Å². The largest absolute Gasteiger partial charge is 0.444 e. The fraction of sp³-hybridized carbons (Fsp3) is 0.833. The maximum atomic E-state index is 11.9. The van der Waals surface area contributed by atoms with Gasteiger partial charge >= 0.3 is 6.09 Å². The van der Waals surface area contributed by atoms with Gasteiger partial charge in [-0.05, 0) is 33.6 Å². The number of ether oxygens (including phenoxy) is 1. The second-order valence-corrected chi connectivity index (χ2v) is 5.41. The molecule has 0 saturated carbocycles. The van der Waals surface area contributed by atoms with Gasteiger partial charge in [-0.25, -0.2) is 4.79 Å². The molecule has 98 valence electrons. The molecule has 1 rings (SSSR count). The first-order chi connectivity index (χ1) is 7.79. The Morgan fingerprint density at radius 2 is 2.06 bits per heavy atom. The Labute approximate surface area is 102 Å². The van der Waals surface area contributed by atoms with E-state index in [4.69, 9.17) is 4.74 Å². The lowest BCUT2D eigenvalue weighted by Gasteiger charge is -2.28.